The fourth-order valence-electron chi connectivity index (χ4n) is 1.90. The lowest BCUT2D eigenvalue weighted by molar-refractivity contribution is 0.589. The molecule has 0 amide bonds. The van der Waals surface area contributed by atoms with Gasteiger partial charge < -0.3 is 10.2 Å². The number of hydrogen-bond donors (Lipinski definition) is 1. The zero-order chi connectivity index (χ0) is 9.80. The van der Waals surface area contributed by atoms with E-state index in [1.54, 1.807) is 0 Å². The van der Waals surface area contributed by atoms with Gasteiger partial charge in [0, 0.05) is 31.9 Å². The molecule has 1 heterocycles. The van der Waals surface area contributed by atoms with Crippen molar-refractivity contribution >= 4 is 18.1 Å². The van der Waals surface area contributed by atoms with Crippen LogP contribution in [0.4, 0.5) is 5.69 Å². The molecule has 1 N–H and O–H groups in total. The summed E-state index contributed by atoms with van der Waals surface area (Å²) < 4.78 is 0. The van der Waals surface area contributed by atoms with Gasteiger partial charge in [-0.15, -0.1) is 12.4 Å². The van der Waals surface area contributed by atoms with Crippen molar-refractivity contribution in [3.63, 3.8) is 0 Å². The first-order valence-corrected chi connectivity index (χ1v) is 5.45. The van der Waals surface area contributed by atoms with Gasteiger partial charge >= 0.3 is 0 Å². The largest absolute Gasteiger partial charge is 0.369 e. The van der Waals surface area contributed by atoms with Gasteiger partial charge in [-0.05, 0) is 24.1 Å². The van der Waals surface area contributed by atoms with E-state index >= 15 is 0 Å². The second-order valence-corrected chi connectivity index (χ2v) is 3.76. The quantitative estimate of drug-likeness (QED) is 0.831. The lowest BCUT2D eigenvalue weighted by Crippen LogP contribution is -2.43. The maximum Gasteiger partial charge on any atom is 0.0369 e. The molecular weight excluding hydrogens is 208 g/mol. The first kappa shape index (κ1) is 12.3. The van der Waals surface area contributed by atoms with E-state index in [4.69, 9.17) is 0 Å². The summed E-state index contributed by atoms with van der Waals surface area (Å²) in [6, 6.07) is 8.89. The number of piperazine rings is 1. The Hall–Kier alpha value is -0.730. The highest BCUT2D eigenvalue weighted by Crippen LogP contribution is 2.16. The molecule has 0 spiro atoms. The van der Waals surface area contributed by atoms with E-state index < -0.39 is 0 Å². The summed E-state index contributed by atoms with van der Waals surface area (Å²) in [5, 5.41) is 3.37. The molecule has 1 fully saturated rings. The van der Waals surface area contributed by atoms with Crippen molar-refractivity contribution in [1.29, 1.82) is 0 Å². The molecule has 1 aromatic rings. The van der Waals surface area contributed by atoms with Crippen LogP contribution in [0.15, 0.2) is 24.3 Å². The van der Waals surface area contributed by atoms with Crippen LogP contribution in [0.5, 0.6) is 0 Å². The molecule has 1 aromatic carbocycles. The Kier molecular flexibility index (Phi) is 4.92. The molecule has 1 aliphatic rings. The smallest absolute Gasteiger partial charge is 0.0369 e. The Balaban J connectivity index is 0.00000112. The third-order valence-electron chi connectivity index (χ3n) is 2.80. The van der Waals surface area contributed by atoms with E-state index in [-0.39, 0.29) is 12.4 Å². The van der Waals surface area contributed by atoms with E-state index in [0.717, 1.165) is 32.6 Å². The minimum absolute atomic E-state index is 0. The van der Waals surface area contributed by atoms with Gasteiger partial charge in [0.1, 0.15) is 0 Å². The Morgan fingerprint density at radius 3 is 2.67 bits per heavy atom. The number of nitrogens with one attached hydrogen (secondary N) is 1. The topological polar surface area (TPSA) is 15.3 Å². The van der Waals surface area contributed by atoms with Crippen LogP contribution in [0.3, 0.4) is 0 Å². The van der Waals surface area contributed by atoms with Gasteiger partial charge in [0.05, 0.1) is 0 Å². The van der Waals surface area contributed by atoms with Crippen LogP contribution < -0.4 is 10.2 Å². The van der Waals surface area contributed by atoms with Crippen molar-refractivity contribution in [2.45, 2.75) is 13.3 Å². The summed E-state index contributed by atoms with van der Waals surface area (Å²) in [6.07, 6.45) is 1.12. The predicted molar refractivity (Wildman–Crippen MR) is 68.2 cm³/mol. The van der Waals surface area contributed by atoms with Crippen LogP contribution in [-0.4, -0.2) is 26.2 Å². The van der Waals surface area contributed by atoms with Crippen molar-refractivity contribution in [2.24, 2.45) is 0 Å². The zero-order valence-corrected chi connectivity index (χ0v) is 10.0. The van der Waals surface area contributed by atoms with E-state index in [2.05, 4.69) is 41.4 Å². The highest BCUT2D eigenvalue weighted by molar-refractivity contribution is 5.85. The third kappa shape index (κ3) is 3.11. The average molecular weight is 227 g/mol. The summed E-state index contributed by atoms with van der Waals surface area (Å²) in [5.41, 5.74) is 2.81. The molecule has 2 nitrogen and oxygen atoms in total. The van der Waals surface area contributed by atoms with Crippen LogP contribution >= 0.6 is 12.4 Å². The molecule has 0 atom stereocenters. The van der Waals surface area contributed by atoms with Gasteiger partial charge in [-0.3, -0.25) is 0 Å². The Morgan fingerprint density at radius 2 is 2.00 bits per heavy atom. The number of anilines is 1. The molecule has 0 aromatic heterocycles. The van der Waals surface area contributed by atoms with E-state index in [9.17, 15) is 0 Å². The van der Waals surface area contributed by atoms with Crippen molar-refractivity contribution in [2.75, 3.05) is 31.1 Å². The number of aryl methyl sites for hydroxylation is 1. The summed E-state index contributed by atoms with van der Waals surface area (Å²) in [4.78, 5) is 2.45. The van der Waals surface area contributed by atoms with Crippen molar-refractivity contribution in [3.05, 3.63) is 29.8 Å². The summed E-state index contributed by atoms with van der Waals surface area (Å²) in [5.74, 6) is 0. The Labute approximate surface area is 98.1 Å². The van der Waals surface area contributed by atoms with Crippen molar-refractivity contribution < 1.29 is 0 Å². The first-order valence-electron chi connectivity index (χ1n) is 5.45. The van der Waals surface area contributed by atoms with Gasteiger partial charge in [0.25, 0.3) is 0 Å². The Bertz CT molecular complexity index is 295. The first-order chi connectivity index (χ1) is 6.90. The van der Waals surface area contributed by atoms with Crippen LogP contribution in [0.2, 0.25) is 0 Å². The van der Waals surface area contributed by atoms with Crippen LogP contribution in [0.1, 0.15) is 12.5 Å². The molecule has 0 aliphatic carbocycles. The maximum atomic E-state index is 3.37. The normalized spacial score (nSPS) is 15.9. The predicted octanol–water partition coefficient (Wildman–Crippen LogP) is 2.08. The highest BCUT2D eigenvalue weighted by atomic mass is 35.5. The molecule has 2 rings (SSSR count). The zero-order valence-electron chi connectivity index (χ0n) is 9.20. The molecule has 3 heteroatoms. The molecule has 84 valence electrons. The molecule has 15 heavy (non-hydrogen) atoms. The monoisotopic (exact) mass is 226 g/mol. The molecular formula is C12H19ClN2. The number of halogens is 1. The molecule has 0 saturated carbocycles. The lowest BCUT2D eigenvalue weighted by Gasteiger charge is -2.29. The summed E-state index contributed by atoms with van der Waals surface area (Å²) >= 11 is 0. The van der Waals surface area contributed by atoms with E-state index in [0.29, 0.717) is 0 Å². The lowest BCUT2D eigenvalue weighted by atomic mass is 10.1. The van der Waals surface area contributed by atoms with E-state index in [1.165, 1.54) is 11.3 Å². The van der Waals surface area contributed by atoms with Crippen LogP contribution in [-0.2, 0) is 6.42 Å². The van der Waals surface area contributed by atoms with Crippen LogP contribution in [0, 0.1) is 0 Å². The fraction of sp³-hybridized carbons (Fsp3) is 0.500. The second-order valence-electron chi connectivity index (χ2n) is 3.76. The minimum atomic E-state index is 0. The van der Waals surface area contributed by atoms with Gasteiger partial charge in [0.15, 0.2) is 0 Å². The standard InChI is InChI=1S/C12H18N2.ClH/c1-2-11-4-3-5-12(10-11)14-8-6-13-7-9-14;/h3-5,10,13H,2,6-9H2,1H3;1H. The molecule has 1 saturated heterocycles. The average Bonchev–Trinajstić information content (AvgIpc) is 2.30. The molecule has 1 aliphatic heterocycles. The van der Waals surface area contributed by atoms with Gasteiger partial charge in [0.2, 0.25) is 0 Å². The van der Waals surface area contributed by atoms with Crippen molar-refractivity contribution in [1.82, 2.24) is 5.32 Å². The summed E-state index contributed by atoms with van der Waals surface area (Å²) in [7, 11) is 0. The minimum Gasteiger partial charge on any atom is -0.369 e. The number of benzene rings is 1. The Morgan fingerprint density at radius 1 is 1.27 bits per heavy atom. The summed E-state index contributed by atoms with van der Waals surface area (Å²) in [6.45, 7) is 6.68. The van der Waals surface area contributed by atoms with Gasteiger partial charge in [-0.2, -0.15) is 0 Å². The van der Waals surface area contributed by atoms with Crippen LogP contribution in [0.25, 0.3) is 0 Å². The van der Waals surface area contributed by atoms with Crippen molar-refractivity contribution in [3.8, 4) is 0 Å². The number of hydrogen-bond acceptors (Lipinski definition) is 2. The molecule has 0 unspecified atom stereocenters. The van der Waals surface area contributed by atoms with E-state index in [1.807, 2.05) is 0 Å². The SMILES string of the molecule is CCc1cccc(N2CCNCC2)c1.Cl. The van der Waals surface area contributed by atoms with Gasteiger partial charge in [-0.25, -0.2) is 0 Å². The highest BCUT2D eigenvalue weighted by Gasteiger charge is 2.09. The maximum absolute atomic E-state index is 3.37. The third-order valence-corrected chi connectivity index (χ3v) is 2.80. The molecule has 0 bridgehead atoms. The number of nitrogens with zero attached hydrogens (tertiary/aromatic N) is 1. The molecule has 0 radical (unpaired) electrons. The second kappa shape index (κ2) is 5.99. The number of rotatable bonds is 2. The van der Waals surface area contributed by atoms with Gasteiger partial charge in [-0.1, -0.05) is 19.1 Å². The fourth-order valence-corrected chi connectivity index (χ4v) is 1.90.